The third kappa shape index (κ3) is 2.35. The van der Waals surface area contributed by atoms with Gasteiger partial charge >= 0.3 is 11.8 Å². The van der Waals surface area contributed by atoms with Gasteiger partial charge < -0.3 is 9.80 Å². The van der Waals surface area contributed by atoms with E-state index in [2.05, 4.69) is 10.2 Å². The molecule has 6 nitrogen and oxygen atoms in total. The molecule has 26 heavy (non-hydrogen) atoms. The van der Waals surface area contributed by atoms with Crippen LogP contribution in [0.25, 0.3) is 10.6 Å². The third-order valence-electron chi connectivity index (χ3n) is 5.75. The molecule has 6 rings (SSSR count). The maximum Gasteiger partial charge on any atom is 0.312 e. The number of hydrogen-bond donors (Lipinski definition) is 0. The van der Waals surface area contributed by atoms with E-state index in [1.165, 1.54) is 23.5 Å². The molecular formula is C18H17FN4O2S. The molecule has 3 aliphatic carbocycles. The van der Waals surface area contributed by atoms with Crippen LogP contribution in [0.3, 0.4) is 0 Å². The third-order valence-corrected chi connectivity index (χ3v) is 6.71. The van der Waals surface area contributed by atoms with E-state index in [0.717, 1.165) is 25.2 Å². The van der Waals surface area contributed by atoms with E-state index in [1.807, 2.05) is 0 Å². The van der Waals surface area contributed by atoms with Crippen LogP contribution in [0.15, 0.2) is 24.3 Å². The highest BCUT2D eigenvalue weighted by atomic mass is 32.1. The van der Waals surface area contributed by atoms with Gasteiger partial charge in [0, 0.05) is 24.2 Å². The Morgan fingerprint density at radius 2 is 1.96 bits per heavy atom. The first-order valence-corrected chi connectivity index (χ1v) is 9.55. The lowest BCUT2D eigenvalue weighted by Gasteiger charge is -2.66. The Balaban J connectivity index is 1.28. The molecule has 4 aliphatic rings. The number of hydrogen-bond acceptors (Lipinski definition) is 5. The second-order valence-corrected chi connectivity index (χ2v) is 8.46. The molecule has 2 heterocycles. The lowest BCUT2D eigenvalue weighted by Crippen LogP contribution is -2.73. The lowest BCUT2D eigenvalue weighted by atomic mass is 9.49. The Morgan fingerprint density at radius 3 is 2.65 bits per heavy atom. The number of aromatic nitrogens is 2. The fraction of sp³-hybridized carbons (Fsp3) is 0.444. The van der Waals surface area contributed by atoms with Gasteiger partial charge in [0.05, 0.1) is 6.54 Å². The van der Waals surface area contributed by atoms with Gasteiger partial charge in [-0.05, 0) is 37.3 Å². The van der Waals surface area contributed by atoms with Crippen molar-refractivity contribution in [3.8, 4) is 10.6 Å². The highest BCUT2D eigenvalue weighted by Crippen LogP contribution is 2.60. The summed E-state index contributed by atoms with van der Waals surface area (Å²) in [6.07, 6.45) is 3.16. The second kappa shape index (κ2) is 5.57. The largest absolute Gasteiger partial charge is 0.327 e. The fourth-order valence-corrected chi connectivity index (χ4v) is 5.11. The van der Waals surface area contributed by atoms with Gasteiger partial charge in [-0.3, -0.25) is 9.59 Å². The van der Waals surface area contributed by atoms with Crippen molar-refractivity contribution in [2.75, 3.05) is 13.1 Å². The quantitative estimate of drug-likeness (QED) is 0.771. The number of amides is 2. The van der Waals surface area contributed by atoms with Crippen molar-refractivity contribution in [1.82, 2.24) is 20.0 Å². The summed E-state index contributed by atoms with van der Waals surface area (Å²) in [5.74, 6) is -0.406. The number of rotatable bonds is 4. The minimum atomic E-state index is -0.455. The molecule has 2 aromatic rings. The summed E-state index contributed by atoms with van der Waals surface area (Å²) in [6, 6.07) is 6.17. The number of carbonyl (C=O) groups excluding carboxylic acids is 2. The van der Waals surface area contributed by atoms with Crippen molar-refractivity contribution in [1.29, 1.82) is 0 Å². The van der Waals surface area contributed by atoms with Crippen LogP contribution in [0.1, 0.15) is 24.3 Å². The summed E-state index contributed by atoms with van der Waals surface area (Å²) < 4.78 is 13.4. The molecule has 8 heteroatoms. The molecule has 3 saturated carbocycles. The van der Waals surface area contributed by atoms with Gasteiger partial charge in [-0.2, -0.15) is 0 Å². The number of benzene rings is 1. The minimum absolute atomic E-state index is 0.0171. The van der Waals surface area contributed by atoms with Crippen molar-refractivity contribution in [2.45, 2.75) is 31.3 Å². The number of halogens is 1. The molecule has 0 radical (unpaired) electrons. The van der Waals surface area contributed by atoms with Crippen LogP contribution < -0.4 is 0 Å². The zero-order chi connectivity index (χ0) is 17.9. The van der Waals surface area contributed by atoms with Gasteiger partial charge in [0.2, 0.25) is 0 Å². The Hall–Kier alpha value is -2.35. The minimum Gasteiger partial charge on any atom is -0.327 e. The van der Waals surface area contributed by atoms with Crippen LogP contribution in [0.4, 0.5) is 4.39 Å². The Morgan fingerprint density at radius 1 is 1.15 bits per heavy atom. The molecule has 4 fully saturated rings. The summed E-state index contributed by atoms with van der Waals surface area (Å²) in [6.45, 7) is 1.37. The van der Waals surface area contributed by atoms with Crippen LogP contribution in [0.5, 0.6) is 0 Å². The van der Waals surface area contributed by atoms with Crippen LogP contribution in [-0.4, -0.2) is 50.4 Å². The van der Waals surface area contributed by atoms with E-state index in [1.54, 1.807) is 21.9 Å². The molecule has 0 spiro atoms. The summed E-state index contributed by atoms with van der Waals surface area (Å²) in [4.78, 5) is 28.4. The normalized spacial score (nSPS) is 27.3. The Labute approximate surface area is 153 Å². The molecule has 1 saturated heterocycles. The molecule has 1 aliphatic heterocycles. The zero-order valence-electron chi connectivity index (χ0n) is 14.0. The Kier molecular flexibility index (Phi) is 3.40. The molecule has 1 aromatic heterocycles. The molecular weight excluding hydrogens is 355 g/mol. The van der Waals surface area contributed by atoms with Crippen LogP contribution >= 0.6 is 11.3 Å². The smallest absolute Gasteiger partial charge is 0.312 e. The predicted octanol–water partition coefficient (Wildman–Crippen LogP) is 2.07. The molecule has 0 N–H and O–H groups in total. The van der Waals surface area contributed by atoms with Crippen LogP contribution in [0, 0.1) is 11.7 Å². The van der Waals surface area contributed by atoms with Crippen molar-refractivity contribution >= 4 is 23.2 Å². The van der Waals surface area contributed by atoms with E-state index < -0.39 is 5.91 Å². The van der Waals surface area contributed by atoms with Gasteiger partial charge in [0.25, 0.3) is 0 Å². The predicted molar refractivity (Wildman–Crippen MR) is 92.5 cm³/mol. The van der Waals surface area contributed by atoms with Crippen LogP contribution in [0.2, 0.25) is 0 Å². The standard InChI is InChI=1S/C18H17FN4O2S/c19-13-3-1-2-12(6-13)15-21-20-14(26-15)10-22-4-5-23(17(25)16(22)24)18-7-11(8-18)9-18/h1-3,6,11H,4-5,7-10H2. The van der Waals surface area contributed by atoms with Gasteiger partial charge in [0.1, 0.15) is 15.8 Å². The molecule has 0 unspecified atom stereocenters. The summed E-state index contributed by atoms with van der Waals surface area (Å²) in [7, 11) is 0. The molecule has 134 valence electrons. The average molecular weight is 372 g/mol. The first-order valence-electron chi connectivity index (χ1n) is 8.73. The number of nitrogens with zero attached hydrogens (tertiary/aromatic N) is 4. The maximum atomic E-state index is 13.4. The van der Waals surface area contributed by atoms with Crippen LogP contribution in [-0.2, 0) is 16.1 Å². The molecule has 1 aromatic carbocycles. The first kappa shape index (κ1) is 15.9. The van der Waals surface area contributed by atoms with E-state index in [-0.39, 0.29) is 23.8 Å². The Bertz CT molecular complexity index is 897. The highest BCUT2D eigenvalue weighted by Gasteiger charge is 2.62. The van der Waals surface area contributed by atoms with Gasteiger partial charge in [-0.1, -0.05) is 23.5 Å². The van der Waals surface area contributed by atoms with E-state index in [9.17, 15) is 14.0 Å². The van der Waals surface area contributed by atoms with Crippen molar-refractivity contribution < 1.29 is 14.0 Å². The molecule has 0 atom stereocenters. The van der Waals surface area contributed by atoms with E-state index in [4.69, 9.17) is 0 Å². The first-order chi connectivity index (χ1) is 12.5. The number of piperazine rings is 1. The second-order valence-electron chi connectivity index (χ2n) is 7.40. The molecule has 2 amide bonds. The fourth-order valence-electron chi connectivity index (χ4n) is 4.26. The maximum absolute atomic E-state index is 13.4. The van der Waals surface area contributed by atoms with Crippen molar-refractivity contribution in [3.63, 3.8) is 0 Å². The van der Waals surface area contributed by atoms with Crippen molar-refractivity contribution in [3.05, 3.63) is 35.1 Å². The molecule has 2 bridgehead atoms. The van der Waals surface area contributed by atoms with E-state index in [0.29, 0.717) is 28.7 Å². The van der Waals surface area contributed by atoms with Gasteiger partial charge in [-0.25, -0.2) is 4.39 Å². The topological polar surface area (TPSA) is 66.4 Å². The number of carbonyl (C=O) groups is 2. The summed E-state index contributed by atoms with van der Waals surface area (Å²) in [5, 5.41) is 9.44. The lowest BCUT2D eigenvalue weighted by molar-refractivity contribution is -0.186. The monoisotopic (exact) mass is 372 g/mol. The van der Waals surface area contributed by atoms with E-state index >= 15 is 0 Å². The van der Waals surface area contributed by atoms with Gasteiger partial charge in [-0.15, -0.1) is 10.2 Å². The SMILES string of the molecule is O=C1C(=O)N(C23CC(C2)C3)CCN1Cc1nnc(-c2cccc(F)c2)s1. The average Bonchev–Trinajstić information content (AvgIpc) is 3.00. The highest BCUT2D eigenvalue weighted by molar-refractivity contribution is 7.14. The van der Waals surface area contributed by atoms with Crippen molar-refractivity contribution in [2.24, 2.45) is 5.92 Å². The summed E-state index contributed by atoms with van der Waals surface area (Å²) >= 11 is 1.31. The van der Waals surface area contributed by atoms with Gasteiger partial charge in [0.15, 0.2) is 0 Å². The zero-order valence-corrected chi connectivity index (χ0v) is 14.8. The summed E-state index contributed by atoms with van der Waals surface area (Å²) in [5.41, 5.74) is 0.640.